The second-order valence-electron chi connectivity index (χ2n) is 11.8. The monoisotopic (exact) mass is 575 g/mol. The molecule has 1 amide bonds. The SMILES string of the molecule is CNC(=O)C1=C(O)[C@@]2(O)C(=O)C3=C(O)c4c(O)c(CCc5ccccc5)cc(N(C)C)c4C[C@H]3C[C@H]2[C@H](N(C)C)C1=O. The van der Waals surface area contributed by atoms with Gasteiger partial charge >= 0.3 is 0 Å². The van der Waals surface area contributed by atoms with E-state index in [1.807, 2.05) is 55.4 Å². The average molecular weight is 576 g/mol. The van der Waals surface area contributed by atoms with Crippen molar-refractivity contribution in [2.75, 3.05) is 40.1 Å². The van der Waals surface area contributed by atoms with Crippen LogP contribution in [0.5, 0.6) is 5.75 Å². The first-order valence-corrected chi connectivity index (χ1v) is 14.0. The van der Waals surface area contributed by atoms with Gasteiger partial charge in [-0.1, -0.05) is 30.3 Å². The molecule has 0 bridgehead atoms. The lowest BCUT2D eigenvalue weighted by Gasteiger charge is -2.50. The summed E-state index contributed by atoms with van der Waals surface area (Å²) in [6.45, 7) is 0. The summed E-state index contributed by atoms with van der Waals surface area (Å²) in [4.78, 5) is 43.7. The number of benzene rings is 2. The molecule has 4 atom stereocenters. The molecule has 0 spiro atoms. The molecule has 0 aromatic heterocycles. The number of anilines is 1. The van der Waals surface area contributed by atoms with Crippen LogP contribution >= 0.6 is 0 Å². The number of phenolic OH excluding ortho intramolecular Hbond substituents is 1. The molecular formula is C32H37N3O7. The van der Waals surface area contributed by atoms with Gasteiger partial charge in [0.15, 0.2) is 11.4 Å². The summed E-state index contributed by atoms with van der Waals surface area (Å²) in [7, 11) is 8.21. The van der Waals surface area contributed by atoms with E-state index in [0.717, 1.165) is 11.3 Å². The number of phenols is 1. The molecule has 0 heterocycles. The van der Waals surface area contributed by atoms with Crippen molar-refractivity contribution in [1.29, 1.82) is 0 Å². The number of likely N-dealkylation sites (N-methyl/N-ethyl adjacent to an activating group) is 2. The van der Waals surface area contributed by atoms with Crippen molar-refractivity contribution in [3.63, 3.8) is 0 Å². The summed E-state index contributed by atoms with van der Waals surface area (Å²) in [6, 6.07) is 10.6. The Bertz CT molecular complexity index is 1540. The molecule has 1 fully saturated rings. The minimum Gasteiger partial charge on any atom is -0.508 e. The summed E-state index contributed by atoms with van der Waals surface area (Å²) in [6.07, 6.45) is 1.45. The van der Waals surface area contributed by atoms with Crippen LogP contribution in [0.4, 0.5) is 5.69 Å². The number of Topliss-reactive ketones (excluding diaryl/α,β-unsaturated/α-hetero) is 2. The summed E-state index contributed by atoms with van der Waals surface area (Å²) in [5.41, 5.74) is -0.208. The average Bonchev–Trinajstić information content (AvgIpc) is 2.94. The number of hydrogen-bond acceptors (Lipinski definition) is 9. The van der Waals surface area contributed by atoms with E-state index in [1.54, 1.807) is 14.1 Å². The number of amides is 1. The third-order valence-electron chi connectivity index (χ3n) is 8.99. The summed E-state index contributed by atoms with van der Waals surface area (Å²) >= 11 is 0. The maximum Gasteiger partial charge on any atom is 0.258 e. The van der Waals surface area contributed by atoms with Gasteiger partial charge in [0.25, 0.3) is 5.91 Å². The molecular weight excluding hydrogens is 538 g/mol. The van der Waals surface area contributed by atoms with E-state index in [-0.39, 0.29) is 29.7 Å². The van der Waals surface area contributed by atoms with Gasteiger partial charge in [-0.05, 0) is 68.5 Å². The molecule has 0 radical (unpaired) electrons. The lowest BCUT2D eigenvalue weighted by molar-refractivity contribution is -0.153. The fourth-order valence-electron chi connectivity index (χ4n) is 6.97. The standard InChI is InChI=1S/C32H37N3O7/c1-33-31(41)24-28(38)25(35(4)5)20-14-18-13-19-21(34(2)3)15-17(12-11-16-9-7-6-8-10-16)26(36)23(19)27(37)22(18)29(39)32(20,42)30(24)40/h6-10,15,18,20,25,36-37,40,42H,11-14H2,1-5H3,(H,33,41)/t18-,20-,25-,32-/m0/s1. The Kier molecular flexibility index (Phi) is 7.40. The van der Waals surface area contributed by atoms with E-state index >= 15 is 0 Å². The van der Waals surface area contributed by atoms with Crippen LogP contribution in [0.1, 0.15) is 28.7 Å². The normalized spacial score (nSPS) is 25.3. The maximum atomic E-state index is 14.2. The van der Waals surface area contributed by atoms with Crippen LogP contribution in [0.2, 0.25) is 0 Å². The van der Waals surface area contributed by atoms with Crippen molar-refractivity contribution in [2.45, 2.75) is 37.3 Å². The highest BCUT2D eigenvalue weighted by Crippen LogP contribution is 2.54. The molecule has 222 valence electrons. The fourth-order valence-corrected chi connectivity index (χ4v) is 6.97. The Labute approximate surface area is 244 Å². The van der Waals surface area contributed by atoms with E-state index in [1.165, 1.54) is 11.9 Å². The fraction of sp³-hybridized carbons (Fsp3) is 0.406. The Morgan fingerprint density at radius 2 is 1.71 bits per heavy atom. The topological polar surface area (TPSA) is 151 Å². The number of carbonyl (C=O) groups is 3. The van der Waals surface area contributed by atoms with Crippen LogP contribution in [-0.4, -0.2) is 89.7 Å². The zero-order chi connectivity index (χ0) is 30.7. The maximum absolute atomic E-state index is 14.2. The molecule has 3 aliphatic carbocycles. The Balaban J connectivity index is 1.68. The quantitative estimate of drug-likeness (QED) is 0.326. The second-order valence-corrected chi connectivity index (χ2v) is 11.8. The lowest BCUT2D eigenvalue weighted by atomic mass is 9.57. The highest BCUT2D eigenvalue weighted by molar-refractivity contribution is 6.25. The number of hydrogen-bond donors (Lipinski definition) is 5. The van der Waals surface area contributed by atoms with Crippen LogP contribution in [0, 0.1) is 11.8 Å². The molecule has 0 unspecified atom stereocenters. The second kappa shape index (κ2) is 10.6. The number of ketones is 2. The van der Waals surface area contributed by atoms with E-state index in [4.69, 9.17) is 0 Å². The Hall–Kier alpha value is -4.15. The highest BCUT2D eigenvalue weighted by Gasteiger charge is 2.64. The minimum absolute atomic E-state index is 0.0735. The number of carbonyl (C=O) groups excluding carboxylic acids is 3. The van der Waals surface area contributed by atoms with E-state index in [9.17, 15) is 34.8 Å². The van der Waals surface area contributed by atoms with Crippen molar-refractivity contribution in [2.24, 2.45) is 11.8 Å². The van der Waals surface area contributed by atoms with E-state index < -0.39 is 58.0 Å². The molecule has 10 heteroatoms. The number of aromatic hydroxyl groups is 1. The van der Waals surface area contributed by atoms with Gasteiger partial charge in [0.1, 0.15) is 22.8 Å². The predicted octanol–water partition coefficient (Wildman–Crippen LogP) is 2.08. The predicted molar refractivity (Wildman–Crippen MR) is 157 cm³/mol. The van der Waals surface area contributed by atoms with E-state index in [2.05, 4.69) is 5.32 Å². The molecule has 1 saturated carbocycles. The number of rotatable bonds is 6. The first kappa shape index (κ1) is 29.3. The van der Waals surface area contributed by atoms with Gasteiger partial charge in [-0.3, -0.25) is 19.3 Å². The Morgan fingerprint density at radius 1 is 1.05 bits per heavy atom. The van der Waals surface area contributed by atoms with Crippen molar-refractivity contribution in [3.8, 4) is 5.75 Å². The zero-order valence-electron chi connectivity index (χ0n) is 24.4. The number of nitrogens with zero attached hydrogens (tertiary/aromatic N) is 2. The Morgan fingerprint density at radius 3 is 2.31 bits per heavy atom. The van der Waals surface area contributed by atoms with Gasteiger partial charge in [0.05, 0.1) is 11.6 Å². The van der Waals surface area contributed by atoms with Gasteiger partial charge in [0, 0.05) is 38.3 Å². The van der Waals surface area contributed by atoms with Crippen molar-refractivity contribution in [3.05, 3.63) is 75.6 Å². The van der Waals surface area contributed by atoms with E-state index in [0.29, 0.717) is 24.0 Å². The lowest BCUT2D eigenvalue weighted by Crippen LogP contribution is -2.65. The first-order chi connectivity index (χ1) is 19.8. The van der Waals surface area contributed by atoms with Gasteiger partial charge in [-0.15, -0.1) is 0 Å². The third kappa shape index (κ3) is 4.28. The molecule has 5 rings (SSSR count). The molecule has 10 nitrogen and oxygen atoms in total. The molecule has 0 aliphatic heterocycles. The van der Waals surface area contributed by atoms with Crippen LogP contribution in [0.25, 0.3) is 5.76 Å². The smallest absolute Gasteiger partial charge is 0.258 e. The van der Waals surface area contributed by atoms with Gasteiger partial charge in [-0.2, -0.15) is 0 Å². The van der Waals surface area contributed by atoms with Gasteiger partial charge in [0.2, 0.25) is 5.78 Å². The summed E-state index contributed by atoms with van der Waals surface area (Å²) in [5, 5.41) is 48.5. The number of fused-ring (bicyclic) bond motifs is 3. The van der Waals surface area contributed by atoms with Crippen molar-refractivity contribution in [1.82, 2.24) is 10.2 Å². The van der Waals surface area contributed by atoms with Gasteiger partial charge in [-0.25, -0.2) is 0 Å². The van der Waals surface area contributed by atoms with Crippen molar-refractivity contribution >= 4 is 28.9 Å². The number of aliphatic hydroxyl groups excluding tert-OH is 2. The van der Waals surface area contributed by atoms with Crippen LogP contribution in [0.15, 0.2) is 53.3 Å². The van der Waals surface area contributed by atoms with Crippen LogP contribution in [0.3, 0.4) is 0 Å². The summed E-state index contributed by atoms with van der Waals surface area (Å²) in [5.74, 6) is -5.90. The molecule has 5 N–H and O–H groups in total. The third-order valence-corrected chi connectivity index (χ3v) is 8.99. The van der Waals surface area contributed by atoms with Crippen LogP contribution < -0.4 is 10.2 Å². The first-order valence-electron chi connectivity index (χ1n) is 14.0. The van der Waals surface area contributed by atoms with Crippen molar-refractivity contribution < 1.29 is 34.8 Å². The number of aryl methyl sites for hydroxylation is 2. The molecule has 42 heavy (non-hydrogen) atoms. The minimum atomic E-state index is -2.62. The summed E-state index contributed by atoms with van der Waals surface area (Å²) < 4.78 is 0. The molecule has 2 aromatic rings. The molecule has 2 aromatic carbocycles. The number of nitrogens with one attached hydrogen (secondary N) is 1. The molecule has 3 aliphatic rings. The highest BCUT2D eigenvalue weighted by atomic mass is 16.3. The molecule has 0 saturated heterocycles. The zero-order valence-corrected chi connectivity index (χ0v) is 24.4. The largest absolute Gasteiger partial charge is 0.508 e. The van der Waals surface area contributed by atoms with Crippen LogP contribution in [-0.2, 0) is 33.6 Å². The number of aliphatic hydroxyl groups is 3. The van der Waals surface area contributed by atoms with Gasteiger partial charge < -0.3 is 30.6 Å².